The normalized spacial score (nSPS) is 12.6. The lowest BCUT2D eigenvalue weighted by molar-refractivity contribution is -0.116. The highest BCUT2D eigenvalue weighted by atomic mass is 32.1. The van der Waals surface area contributed by atoms with Crippen LogP contribution in [0.4, 0.5) is 0 Å². The van der Waals surface area contributed by atoms with Gasteiger partial charge < -0.3 is 0 Å². The summed E-state index contributed by atoms with van der Waals surface area (Å²) in [4.78, 5) is 11.0. The highest BCUT2D eigenvalue weighted by molar-refractivity contribution is 7.81. The molecule has 18 heavy (non-hydrogen) atoms. The number of hydrogen-bond donors (Lipinski definition) is 1. The fourth-order valence-corrected chi connectivity index (χ4v) is 2.39. The first-order valence-electron chi connectivity index (χ1n) is 7.87. The molecule has 1 nitrogen and oxygen atoms in total. The largest absolute Gasteiger partial charge is 0.299 e. The summed E-state index contributed by atoms with van der Waals surface area (Å²) >= 11 is 4.27. The van der Waals surface area contributed by atoms with Crippen molar-refractivity contribution in [3.63, 3.8) is 0 Å². The molecule has 0 aromatic rings. The van der Waals surface area contributed by atoms with Crippen LogP contribution in [0.15, 0.2) is 0 Å². The van der Waals surface area contributed by atoms with Crippen molar-refractivity contribution in [2.75, 3.05) is 0 Å². The first-order valence-corrected chi connectivity index (χ1v) is 8.38. The molecular weight excluding hydrogens is 240 g/mol. The first-order chi connectivity index (χ1) is 8.68. The van der Waals surface area contributed by atoms with E-state index < -0.39 is 0 Å². The van der Waals surface area contributed by atoms with Crippen molar-refractivity contribution in [2.24, 2.45) is 0 Å². The monoisotopic (exact) mass is 272 g/mol. The predicted octanol–water partition coefficient (Wildman–Crippen LogP) is 5.57. The average molecular weight is 272 g/mol. The lowest BCUT2D eigenvalue weighted by Crippen LogP contribution is -2.09. The van der Waals surface area contributed by atoms with Crippen LogP contribution < -0.4 is 0 Å². The van der Waals surface area contributed by atoms with Gasteiger partial charge in [0.05, 0.1) is 5.25 Å². The van der Waals surface area contributed by atoms with Crippen LogP contribution in [0.25, 0.3) is 0 Å². The average Bonchev–Trinajstić information content (AvgIpc) is 2.35. The summed E-state index contributed by atoms with van der Waals surface area (Å²) in [6, 6.07) is 0. The molecule has 1 atom stereocenters. The van der Waals surface area contributed by atoms with Crippen LogP contribution in [-0.2, 0) is 4.79 Å². The molecule has 0 aromatic heterocycles. The first kappa shape index (κ1) is 18.0. The van der Waals surface area contributed by atoms with Crippen molar-refractivity contribution in [1.82, 2.24) is 0 Å². The van der Waals surface area contributed by atoms with Gasteiger partial charge in [0.15, 0.2) is 0 Å². The molecule has 0 aromatic carbocycles. The maximum absolute atomic E-state index is 11.0. The summed E-state index contributed by atoms with van der Waals surface area (Å²) in [5.41, 5.74) is 0. The molecule has 0 aliphatic carbocycles. The van der Waals surface area contributed by atoms with Crippen LogP contribution in [0, 0.1) is 0 Å². The molecule has 1 unspecified atom stereocenters. The third kappa shape index (κ3) is 12.5. The molecule has 0 amide bonds. The van der Waals surface area contributed by atoms with Gasteiger partial charge in [-0.1, -0.05) is 77.6 Å². The third-order valence-electron chi connectivity index (χ3n) is 3.55. The maximum Gasteiger partial charge on any atom is 0.142 e. The summed E-state index contributed by atoms with van der Waals surface area (Å²) in [7, 11) is 0. The van der Waals surface area contributed by atoms with Crippen molar-refractivity contribution in [3.05, 3.63) is 0 Å². The molecule has 0 bridgehead atoms. The summed E-state index contributed by atoms with van der Waals surface area (Å²) < 4.78 is 0. The Hall–Kier alpha value is 0.0200. The van der Waals surface area contributed by atoms with Gasteiger partial charge in [0.1, 0.15) is 5.78 Å². The molecule has 2 heteroatoms. The van der Waals surface area contributed by atoms with Gasteiger partial charge in [-0.05, 0) is 13.3 Å². The molecule has 0 radical (unpaired) electrons. The van der Waals surface area contributed by atoms with E-state index in [1.165, 1.54) is 64.2 Å². The highest BCUT2D eigenvalue weighted by Crippen LogP contribution is 2.14. The second-order valence-electron chi connectivity index (χ2n) is 5.45. The number of rotatable bonds is 13. The molecule has 0 rings (SSSR count). The Balaban J connectivity index is 3.05. The fourth-order valence-electron chi connectivity index (χ4n) is 2.21. The zero-order chi connectivity index (χ0) is 13.6. The Labute approximate surface area is 120 Å². The standard InChI is InChI=1S/C16H32OS/c1-3-4-5-6-7-8-9-10-11-12-13-14-16(18)15(2)17/h16,18H,3-14H2,1-2H3. The van der Waals surface area contributed by atoms with E-state index in [0.717, 1.165) is 12.8 Å². The molecule has 0 saturated heterocycles. The SMILES string of the molecule is CCCCCCCCCCCCCC(S)C(C)=O. The van der Waals surface area contributed by atoms with Gasteiger partial charge in [0.25, 0.3) is 0 Å². The molecule has 0 N–H and O–H groups in total. The Morgan fingerprint density at radius 3 is 1.61 bits per heavy atom. The van der Waals surface area contributed by atoms with E-state index in [-0.39, 0.29) is 11.0 Å². The number of carbonyl (C=O) groups is 1. The summed E-state index contributed by atoms with van der Waals surface area (Å²) in [6.45, 7) is 3.90. The highest BCUT2D eigenvalue weighted by Gasteiger charge is 2.06. The van der Waals surface area contributed by atoms with Gasteiger partial charge in [-0.15, -0.1) is 0 Å². The molecule has 0 aliphatic heterocycles. The quantitative estimate of drug-likeness (QED) is 0.342. The van der Waals surface area contributed by atoms with Gasteiger partial charge in [0.2, 0.25) is 0 Å². The topological polar surface area (TPSA) is 17.1 Å². The number of carbonyl (C=O) groups excluding carboxylic acids is 1. The van der Waals surface area contributed by atoms with Gasteiger partial charge in [-0.2, -0.15) is 12.6 Å². The van der Waals surface area contributed by atoms with Crippen molar-refractivity contribution in [1.29, 1.82) is 0 Å². The van der Waals surface area contributed by atoms with E-state index in [4.69, 9.17) is 0 Å². The third-order valence-corrected chi connectivity index (χ3v) is 4.17. The van der Waals surface area contributed by atoms with Gasteiger partial charge >= 0.3 is 0 Å². The fraction of sp³-hybridized carbons (Fsp3) is 0.938. The van der Waals surface area contributed by atoms with Crippen LogP contribution >= 0.6 is 12.6 Å². The van der Waals surface area contributed by atoms with Crippen LogP contribution in [0.5, 0.6) is 0 Å². The van der Waals surface area contributed by atoms with E-state index in [9.17, 15) is 4.79 Å². The lowest BCUT2D eigenvalue weighted by Gasteiger charge is -2.06. The number of thiol groups is 1. The number of ketones is 1. The second-order valence-corrected chi connectivity index (χ2v) is 6.07. The zero-order valence-electron chi connectivity index (χ0n) is 12.4. The maximum atomic E-state index is 11.0. The predicted molar refractivity (Wildman–Crippen MR) is 84.5 cm³/mol. The van der Waals surface area contributed by atoms with E-state index in [1.54, 1.807) is 6.92 Å². The Bertz CT molecular complexity index is 192. The Morgan fingerprint density at radius 1 is 0.833 bits per heavy atom. The van der Waals surface area contributed by atoms with Gasteiger partial charge in [-0.25, -0.2) is 0 Å². The smallest absolute Gasteiger partial charge is 0.142 e. The molecule has 0 fully saturated rings. The van der Waals surface area contributed by atoms with Crippen LogP contribution in [-0.4, -0.2) is 11.0 Å². The summed E-state index contributed by atoms with van der Waals surface area (Å²) in [6.07, 6.45) is 15.9. The van der Waals surface area contributed by atoms with Crippen molar-refractivity contribution in [3.8, 4) is 0 Å². The van der Waals surface area contributed by atoms with Crippen LogP contribution in [0.1, 0.15) is 90.9 Å². The second kappa shape index (κ2) is 13.5. The molecule has 108 valence electrons. The number of Topliss-reactive ketones (excluding diaryl/α,β-unsaturated/α-hetero) is 1. The van der Waals surface area contributed by atoms with Gasteiger partial charge in [0, 0.05) is 0 Å². The molecule has 0 aliphatic rings. The number of unbranched alkanes of at least 4 members (excludes halogenated alkanes) is 10. The minimum absolute atomic E-state index is 0.0245. The van der Waals surface area contributed by atoms with Crippen molar-refractivity contribution >= 4 is 18.4 Å². The van der Waals surface area contributed by atoms with E-state index in [2.05, 4.69) is 19.6 Å². The van der Waals surface area contributed by atoms with Crippen molar-refractivity contribution in [2.45, 2.75) is 96.1 Å². The van der Waals surface area contributed by atoms with E-state index in [1.807, 2.05) is 0 Å². The molecular formula is C16H32OS. The lowest BCUT2D eigenvalue weighted by atomic mass is 10.0. The summed E-state index contributed by atoms with van der Waals surface area (Å²) in [5.74, 6) is 0.213. The Kier molecular flexibility index (Phi) is 13.5. The van der Waals surface area contributed by atoms with Gasteiger partial charge in [-0.3, -0.25) is 4.79 Å². The molecule has 0 spiro atoms. The molecule has 0 saturated carbocycles. The van der Waals surface area contributed by atoms with Crippen LogP contribution in [0.2, 0.25) is 0 Å². The Morgan fingerprint density at radius 2 is 1.22 bits per heavy atom. The number of hydrogen-bond acceptors (Lipinski definition) is 2. The van der Waals surface area contributed by atoms with E-state index >= 15 is 0 Å². The minimum Gasteiger partial charge on any atom is -0.299 e. The minimum atomic E-state index is -0.0245. The molecule has 0 heterocycles. The van der Waals surface area contributed by atoms with E-state index in [0.29, 0.717) is 0 Å². The summed E-state index contributed by atoms with van der Waals surface area (Å²) in [5, 5.41) is -0.0245. The zero-order valence-corrected chi connectivity index (χ0v) is 13.3. The van der Waals surface area contributed by atoms with Crippen LogP contribution in [0.3, 0.4) is 0 Å². The van der Waals surface area contributed by atoms with Crippen molar-refractivity contribution < 1.29 is 4.79 Å².